The second-order valence-electron chi connectivity index (χ2n) is 6.60. The van der Waals surface area contributed by atoms with E-state index in [9.17, 15) is 19.2 Å². The molecule has 0 aliphatic carbocycles. The molecule has 12 heteroatoms. The number of rotatable bonds is 17. The van der Waals surface area contributed by atoms with Crippen LogP contribution in [0.3, 0.4) is 0 Å². The van der Waals surface area contributed by atoms with Crippen LogP contribution in [0.1, 0.15) is 0 Å². The molecular formula is C16H30N4O8. The van der Waals surface area contributed by atoms with Crippen molar-refractivity contribution in [1.82, 2.24) is 19.6 Å². The maximum absolute atomic E-state index is 11.1. The van der Waals surface area contributed by atoms with Gasteiger partial charge in [-0.1, -0.05) is 0 Å². The summed E-state index contributed by atoms with van der Waals surface area (Å²) in [5, 5.41) is 35.6. The predicted octanol–water partition coefficient (Wildman–Crippen LogP) is -2.21. The molecule has 0 saturated heterocycles. The zero-order chi connectivity index (χ0) is 21.7. The maximum Gasteiger partial charge on any atom is 0.317 e. The van der Waals surface area contributed by atoms with Gasteiger partial charge in [-0.25, -0.2) is 0 Å². The van der Waals surface area contributed by atoms with Gasteiger partial charge in [-0.3, -0.25) is 38.8 Å². The molecule has 0 atom stereocenters. The lowest BCUT2D eigenvalue weighted by Gasteiger charge is -2.28. The van der Waals surface area contributed by atoms with Crippen molar-refractivity contribution < 1.29 is 39.6 Å². The Kier molecular flexibility index (Phi) is 12.7. The van der Waals surface area contributed by atoms with Crippen LogP contribution in [0.5, 0.6) is 0 Å². The Hall–Kier alpha value is -2.28. The Morgan fingerprint density at radius 3 is 1.00 bits per heavy atom. The summed E-state index contributed by atoms with van der Waals surface area (Å²) in [6, 6.07) is 0. The second kappa shape index (κ2) is 13.8. The molecule has 0 aliphatic rings. The maximum atomic E-state index is 11.1. The molecule has 12 nitrogen and oxygen atoms in total. The lowest BCUT2D eigenvalue weighted by atomic mass is 10.3. The first-order valence-electron chi connectivity index (χ1n) is 8.68. The van der Waals surface area contributed by atoms with E-state index in [1.165, 1.54) is 0 Å². The minimum Gasteiger partial charge on any atom is -0.480 e. The third kappa shape index (κ3) is 14.8. The molecule has 0 amide bonds. The molecule has 0 heterocycles. The van der Waals surface area contributed by atoms with E-state index < -0.39 is 23.9 Å². The lowest BCUT2D eigenvalue weighted by Crippen LogP contribution is -2.44. The van der Waals surface area contributed by atoms with Crippen LogP contribution in [-0.4, -0.2) is 143 Å². The number of hydrogen-bond donors (Lipinski definition) is 4. The van der Waals surface area contributed by atoms with Crippen LogP contribution in [0.2, 0.25) is 0 Å². The summed E-state index contributed by atoms with van der Waals surface area (Å²) in [5.74, 6) is -4.03. The molecule has 4 N–H and O–H groups in total. The lowest BCUT2D eigenvalue weighted by molar-refractivity contribution is -0.140. The molecule has 0 saturated carbocycles. The normalized spacial score (nSPS) is 11.5. The molecule has 0 aromatic rings. The van der Waals surface area contributed by atoms with Crippen LogP contribution in [0.15, 0.2) is 0 Å². The average molecular weight is 406 g/mol. The molecule has 0 unspecified atom stereocenters. The highest BCUT2D eigenvalue weighted by Gasteiger charge is 2.16. The van der Waals surface area contributed by atoms with Crippen LogP contribution < -0.4 is 0 Å². The quantitative estimate of drug-likeness (QED) is 0.206. The molecule has 0 aliphatic heterocycles. The Labute approximate surface area is 163 Å². The van der Waals surface area contributed by atoms with Crippen LogP contribution >= 0.6 is 0 Å². The van der Waals surface area contributed by atoms with E-state index in [-0.39, 0.29) is 39.3 Å². The van der Waals surface area contributed by atoms with Crippen molar-refractivity contribution in [2.24, 2.45) is 0 Å². The summed E-state index contributed by atoms with van der Waals surface area (Å²) in [6.07, 6.45) is 0. The summed E-state index contributed by atoms with van der Waals surface area (Å²) in [5.41, 5.74) is 0. The van der Waals surface area contributed by atoms with Crippen molar-refractivity contribution in [3.8, 4) is 0 Å². The summed E-state index contributed by atoms with van der Waals surface area (Å²) >= 11 is 0. The van der Waals surface area contributed by atoms with Gasteiger partial charge in [0.25, 0.3) is 0 Å². The third-order valence-corrected chi connectivity index (χ3v) is 3.86. The highest BCUT2D eigenvalue weighted by atomic mass is 16.4. The fourth-order valence-electron chi connectivity index (χ4n) is 2.45. The monoisotopic (exact) mass is 406 g/mol. The molecule has 0 rings (SSSR count). The molecule has 0 aromatic heterocycles. The Balaban J connectivity index is 4.67. The van der Waals surface area contributed by atoms with Gasteiger partial charge in [0.1, 0.15) is 0 Å². The summed E-state index contributed by atoms with van der Waals surface area (Å²) < 4.78 is 0. The number of carbonyl (C=O) groups is 4. The van der Waals surface area contributed by atoms with Gasteiger partial charge in [-0.2, -0.15) is 0 Å². The van der Waals surface area contributed by atoms with Crippen molar-refractivity contribution in [3.05, 3.63) is 0 Å². The van der Waals surface area contributed by atoms with Crippen molar-refractivity contribution in [3.63, 3.8) is 0 Å². The minimum atomic E-state index is -1.04. The van der Waals surface area contributed by atoms with Crippen LogP contribution in [0.4, 0.5) is 0 Å². The fourth-order valence-corrected chi connectivity index (χ4v) is 2.45. The SMILES string of the molecule is CN(CCN(CCN(CCN(C)CC(=O)O)CC(=O)O)CC(=O)O)CC(=O)O. The first-order chi connectivity index (χ1) is 13.0. The van der Waals surface area contributed by atoms with Gasteiger partial charge in [0.05, 0.1) is 26.2 Å². The number of carboxylic acids is 4. The first kappa shape index (κ1) is 25.7. The number of carboxylic acid groups (broad SMARTS) is 4. The summed E-state index contributed by atoms with van der Waals surface area (Å²) in [7, 11) is 3.23. The molecular weight excluding hydrogens is 376 g/mol. The largest absolute Gasteiger partial charge is 0.480 e. The standard InChI is InChI=1S/C16H30N4O8/c1-17(9-13(21)22)3-5-19(11-15(25)26)7-8-20(12-16(27)28)6-4-18(2)10-14(23)24/h3-12H2,1-2H3,(H,21,22)(H,23,24)(H,25,26)(H,27,28). The highest BCUT2D eigenvalue weighted by Crippen LogP contribution is 1.96. The molecule has 0 aromatic carbocycles. The van der Waals surface area contributed by atoms with E-state index in [1.807, 2.05) is 0 Å². The Morgan fingerprint density at radius 2 is 0.750 bits per heavy atom. The summed E-state index contributed by atoms with van der Waals surface area (Å²) in [4.78, 5) is 49.8. The van der Waals surface area contributed by atoms with Gasteiger partial charge in [-0.15, -0.1) is 0 Å². The number of hydrogen-bond acceptors (Lipinski definition) is 8. The van der Waals surface area contributed by atoms with Gasteiger partial charge in [0, 0.05) is 39.3 Å². The van der Waals surface area contributed by atoms with Gasteiger partial charge >= 0.3 is 23.9 Å². The van der Waals surface area contributed by atoms with E-state index in [4.69, 9.17) is 20.4 Å². The topological polar surface area (TPSA) is 162 Å². The fraction of sp³-hybridized carbons (Fsp3) is 0.750. The van der Waals surface area contributed by atoms with E-state index in [0.29, 0.717) is 26.2 Å². The number of nitrogens with zero attached hydrogens (tertiary/aromatic N) is 4. The smallest absolute Gasteiger partial charge is 0.317 e. The first-order valence-corrected chi connectivity index (χ1v) is 8.68. The molecule has 0 fully saturated rings. The average Bonchev–Trinajstić information content (AvgIpc) is 2.52. The molecule has 28 heavy (non-hydrogen) atoms. The van der Waals surface area contributed by atoms with Crippen molar-refractivity contribution >= 4 is 23.9 Å². The zero-order valence-corrected chi connectivity index (χ0v) is 16.3. The van der Waals surface area contributed by atoms with Gasteiger partial charge in [0.2, 0.25) is 0 Å². The van der Waals surface area contributed by atoms with Gasteiger partial charge in [-0.05, 0) is 14.1 Å². The molecule has 0 bridgehead atoms. The molecule has 162 valence electrons. The molecule has 0 radical (unpaired) electrons. The van der Waals surface area contributed by atoms with Crippen molar-refractivity contribution in [2.45, 2.75) is 0 Å². The van der Waals surface area contributed by atoms with Gasteiger partial charge in [0.15, 0.2) is 0 Å². The number of likely N-dealkylation sites (N-methyl/N-ethyl adjacent to an activating group) is 2. The molecule has 0 spiro atoms. The Bertz CT molecular complexity index is 485. The summed E-state index contributed by atoms with van der Waals surface area (Å²) in [6.45, 7) is 1.06. The van der Waals surface area contributed by atoms with Gasteiger partial charge < -0.3 is 20.4 Å². The Morgan fingerprint density at radius 1 is 0.500 bits per heavy atom. The zero-order valence-electron chi connectivity index (χ0n) is 16.3. The third-order valence-electron chi connectivity index (χ3n) is 3.86. The number of aliphatic carboxylic acids is 4. The van der Waals surface area contributed by atoms with Crippen LogP contribution in [0.25, 0.3) is 0 Å². The van der Waals surface area contributed by atoms with Crippen LogP contribution in [0, 0.1) is 0 Å². The van der Waals surface area contributed by atoms with E-state index in [0.717, 1.165) is 0 Å². The second-order valence-corrected chi connectivity index (χ2v) is 6.60. The van der Waals surface area contributed by atoms with Crippen LogP contribution in [-0.2, 0) is 19.2 Å². The predicted molar refractivity (Wildman–Crippen MR) is 98.4 cm³/mol. The van der Waals surface area contributed by atoms with Crippen molar-refractivity contribution in [2.75, 3.05) is 79.5 Å². The minimum absolute atomic E-state index is 0.165. The van der Waals surface area contributed by atoms with E-state index in [2.05, 4.69) is 0 Å². The van der Waals surface area contributed by atoms with Crippen molar-refractivity contribution in [1.29, 1.82) is 0 Å². The van der Waals surface area contributed by atoms with E-state index in [1.54, 1.807) is 33.7 Å². The van der Waals surface area contributed by atoms with E-state index >= 15 is 0 Å². The highest BCUT2D eigenvalue weighted by molar-refractivity contribution is 5.70.